The molecule has 4 aliphatic rings. The lowest BCUT2D eigenvalue weighted by Gasteiger charge is -2.40. The molecule has 0 amide bonds. The zero-order chi connectivity index (χ0) is 27.3. The largest absolute Gasteiger partial charge is 0.464 e. The van der Waals surface area contributed by atoms with Gasteiger partial charge in [-0.3, -0.25) is 4.90 Å². The van der Waals surface area contributed by atoms with E-state index < -0.39 is 5.97 Å². The van der Waals surface area contributed by atoms with Crippen LogP contribution in [-0.4, -0.2) is 90.4 Å². The Bertz CT molecular complexity index is 1390. The van der Waals surface area contributed by atoms with Crippen molar-refractivity contribution >= 4 is 22.7 Å². The van der Waals surface area contributed by atoms with Gasteiger partial charge in [-0.1, -0.05) is 6.42 Å². The number of hydrogen-bond acceptors (Lipinski definition) is 8. The molecule has 3 saturated heterocycles. The van der Waals surface area contributed by atoms with Crippen LogP contribution in [0.1, 0.15) is 60.6 Å². The van der Waals surface area contributed by atoms with E-state index in [-0.39, 0.29) is 17.1 Å². The van der Waals surface area contributed by atoms with E-state index in [1.165, 1.54) is 25.7 Å². The Morgan fingerprint density at radius 2 is 1.85 bits per heavy atom. The molecule has 3 aromatic rings. The van der Waals surface area contributed by atoms with Gasteiger partial charge < -0.3 is 19.1 Å². The minimum absolute atomic E-state index is 0.105. The van der Waals surface area contributed by atoms with Gasteiger partial charge in [0.2, 0.25) is 0 Å². The summed E-state index contributed by atoms with van der Waals surface area (Å²) < 4.78 is 32.7. The minimum Gasteiger partial charge on any atom is -0.464 e. The third-order valence-corrected chi connectivity index (χ3v) is 9.37. The number of hydrogen-bond donors (Lipinski definition) is 0. The standard InChI is InChI=1S/C30H36FN5O4/c1-38-29(37)24-17-25(35-11-9-30(10-12-35)18-23(19-40-30)34-13-15-39-16-14-34)26-27(20-3-2-4-20)33-36(28(26)32-24)22-7-5-21(31)6-8-22/h5-8,17,20,23H,2-4,9-16,18-19H2,1H3. The molecular formula is C30H36FN5O4. The number of benzene rings is 1. The van der Waals surface area contributed by atoms with Crippen molar-refractivity contribution in [3.63, 3.8) is 0 Å². The number of carbonyl (C=O) groups excluding carboxylic acids is 1. The maximum atomic E-state index is 13.8. The summed E-state index contributed by atoms with van der Waals surface area (Å²) in [4.78, 5) is 22.4. The van der Waals surface area contributed by atoms with Crippen LogP contribution < -0.4 is 4.90 Å². The van der Waals surface area contributed by atoms with E-state index in [4.69, 9.17) is 24.3 Å². The Balaban J connectivity index is 1.24. The van der Waals surface area contributed by atoms with E-state index in [0.717, 1.165) is 94.9 Å². The van der Waals surface area contributed by atoms with Crippen LogP contribution in [-0.2, 0) is 14.2 Å². The first-order valence-corrected chi connectivity index (χ1v) is 14.5. The van der Waals surface area contributed by atoms with Crippen LogP contribution in [0.3, 0.4) is 0 Å². The van der Waals surface area contributed by atoms with Gasteiger partial charge in [-0.25, -0.2) is 18.9 Å². The van der Waals surface area contributed by atoms with Gasteiger partial charge in [-0.05, 0) is 62.4 Å². The number of ether oxygens (including phenoxy) is 3. The van der Waals surface area contributed by atoms with Gasteiger partial charge in [0.1, 0.15) is 5.82 Å². The van der Waals surface area contributed by atoms with Crippen LogP contribution in [0.4, 0.5) is 10.1 Å². The second-order valence-corrected chi connectivity index (χ2v) is 11.6. The van der Waals surface area contributed by atoms with Crippen LogP contribution in [0.5, 0.6) is 0 Å². The molecule has 4 fully saturated rings. The summed E-state index contributed by atoms with van der Waals surface area (Å²) in [6.45, 7) is 5.97. The fourth-order valence-corrected chi connectivity index (χ4v) is 6.81. The summed E-state index contributed by atoms with van der Waals surface area (Å²) in [5.41, 5.74) is 3.44. The molecule has 1 unspecified atom stereocenters. The number of rotatable bonds is 5. The lowest BCUT2D eigenvalue weighted by molar-refractivity contribution is -0.0183. The number of piperidine rings is 1. The van der Waals surface area contributed by atoms with Crippen molar-refractivity contribution < 1.29 is 23.4 Å². The maximum absolute atomic E-state index is 13.8. The number of pyridine rings is 1. The molecule has 2 aromatic heterocycles. The number of anilines is 1. The zero-order valence-corrected chi connectivity index (χ0v) is 23.0. The lowest BCUT2D eigenvalue weighted by atomic mass is 9.81. The van der Waals surface area contributed by atoms with E-state index in [1.54, 1.807) is 16.8 Å². The summed E-state index contributed by atoms with van der Waals surface area (Å²) in [5.74, 6) is -0.450. The highest BCUT2D eigenvalue weighted by molar-refractivity contribution is 5.99. The first kappa shape index (κ1) is 25.9. The molecule has 1 spiro atoms. The smallest absolute Gasteiger partial charge is 0.356 e. The quantitative estimate of drug-likeness (QED) is 0.441. The average Bonchev–Trinajstić information content (AvgIpc) is 3.55. The molecule has 7 rings (SSSR count). The first-order chi connectivity index (χ1) is 19.5. The highest BCUT2D eigenvalue weighted by Crippen LogP contribution is 2.45. The van der Waals surface area contributed by atoms with Gasteiger partial charge in [-0.15, -0.1) is 0 Å². The van der Waals surface area contributed by atoms with E-state index >= 15 is 0 Å². The van der Waals surface area contributed by atoms with Crippen LogP contribution in [0.15, 0.2) is 30.3 Å². The lowest BCUT2D eigenvalue weighted by Crippen LogP contribution is -2.47. The van der Waals surface area contributed by atoms with Crippen LogP contribution in [0, 0.1) is 5.82 Å². The first-order valence-electron chi connectivity index (χ1n) is 14.5. The van der Waals surface area contributed by atoms with Gasteiger partial charge in [0.25, 0.3) is 0 Å². The number of fused-ring (bicyclic) bond motifs is 1. The monoisotopic (exact) mass is 549 g/mol. The van der Waals surface area contributed by atoms with E-state index in [2.05, 4.69) is 9.80 Å². The molecule has 3 aliphatic heterocycles. The highest BCUT2D eigenvalue weighted by atomic mass is 19.1. The third-order valence-electron chi connectivity index (χ3n) is 9.37. The molecule has 9 nitrogen and oxygen atoms in total. The van der Waals surface area contributed by atoms with Crippen molar-refractivity contribution in [1.29, 1.82) is 0 Å². The summed E-state index contributed by atoms with van der Waals surface area (Å²) >= 11 is 0. The number of halogens is 1. The summed E-state index contributed by atoms with van der Waals surface area (Å²) in [6, 6.07) is 8.57. The zero-order valence-electron chi connectivity index (χ0n) is 23.0. The van der Waals surface area contributed by atoms with E-state index in [1.807, 2.05) is 6.07 Å². The normalized spacial score (nSPS) is 23.6. The Hall–Kier alpha value is -3.08. The molecule has 1 aliphatic carbocycles. The van der Waals surface area contributed by atoms with Crippen molar-refractivity contribution in [3.8, 4) is 5.69 Å². The van der Waals surface area contributed by atoms with Crippen LogP contribution >= 0.6 is 0 Å². The molecule has 1 aromatic carbocycles. The summed E-state index contributed by atoms with van der Waals surface area (Å²) in [6.07, 6.45) is 6.23. The number of nitrogens with zero attached hydrogens (tertiary/aromatic N) is 5. The van der Waals surface area contributed by atoms with Crippen molar-refractivity contribution in [2.75, 3.05) is 58.0 Å². The third kappa shape index (κ3) is 4.55. The predicted octanol–water partition coefficient (Wildman–Crippen LogP) is 4.07. The van der Waals surface area contributed by atoms with Gasteiger partial charge in [0.15, 0.2) is 11.3 Å². The second-order valence-electron chi connectivity index (χ2n) is 11.6. The van der Waals surface area contributed by atoms with E-state index in [0.29, 0.717) is 23.3 Å². The molecule has 212 valence electrons. The van der Waals surface area contributed by atoms with Crippen molar-refractivity contribution in [2.45, 2.75) is 56.1 Å². The summed E-state index contributed by atoms with van der Waals surface area (Å²) in [7, 11) is 1.37. The molecule has 1 saturated carbocycles. The molecule has 0 N–H and O–H groups in total. The topological polar surface area (TPSA) is 82.0 Å². The molecule has 5 heterocycles. The van der Waals surface area contributed by atoms with E-state index in [9.17, 15) is 9.18 Å². The van der Waals surface area contributed by atoms with Gasteiger partial charge in [-0.2, -0.15) is 5.10 Å². The molecule has 40 heavy (non-hydrogen) atoms. The number of morpholine rings is 1. The Labute approximate surface area is 233 Å². The molecular weight excluding hydrogens is 513 g/mol. The van der Waals surface area contributed by atoms with Crippen molar-refractivity contribution in [1.82, 2.24) is 19.7 Å². The maximum Gasteiger partial charge on any atom is 0.356 e. The molecule has 10 heteroatoms. The SMILES string of the molecule is COC(=O)c1cc(N2CCC3(CC2)CC(N2CCOCC2)CO3)c2c(C3CCC3)nn(-c3ccc(F)cc3)c2n1. The number of esters is 1. The fourth-order valence-electron chi connectivity index (χ4n) is 6.81. The molecule has 0 radical (unpaired) electrons. The number of carbonyl (C=O) groups is 1. The van der Waals surface area contributed by atoms with Gasteiger partial charge in [0.05, 0.1) is 55.0 Å². The fraction of sp³-hybridized carbons (Fsp3) is 0.567. The van der Waals surface area contributed by atoms with Gasteiger partial charge in [0, 0.05) is 38.1 Å². The summed E-state index contributed by atoms with van der Waals surface area (Å²) in [5, 5.41) is 6.02. The second kappa shape index (κ2) is 10.4. The van der Waals surface area contributed by atoms with Crippen molar-refractivity contribution in [3.05, 3.63) is 47.5 Å². The Kier molecular flexibility index (Phi) is 6.72. The minimum atomic E-state index is -0.485. The Morgan fingerprint density at radius 3 is 2.52 bits per heavy atom. The van der Waals surface area contributed by atoms with Crippen LogP contribution in [0.25, 0.3) is 16.7 Å². The predicted molar refractivity (Wildman–Crippen MR) is 148 cm³/mol. The Morgan fingerprint density at radius 1 is 1.10 bits per heavy atom. The molecule has 0 bridgehead atoms. The average molecular weight is 550 g/mol. The van der Waals surface area contributed by atoms with Crippen LogP contribution in [0.2, 0.25) is 0 Å². The van der Waals surface area contributed by atoms with Crippen molar-refractivity contribution in [2.24, 2.45) is 0 Å². The van der Waals surface area contributed by atoms with Gasteiger partial charge >= 0.3 is 5.97 Å². The highest BCUT2D eigenvalue weighted by Gasteiger charge is 2.45. The number of aromatic nitrogens is 3. The number of methoxy groups -OCH3 is 1. The molecule has 1 atom stereocenters.